The van der Waals surface area contributed by atoms with Gasteiger partial charge < -0.3 is 9.84 Å². The summed E-state index contributed by atoms with van der Waals surface area (Å²) in [4.78, 5) is 22.7. The molecule has 1 N–H and O–H groups in total. The third-order valence-corrected chi connectivity index (χ3v) is 4.62. The number of hydrogen-bond acceptors (Lipinski definition) is 3. The molecule has 2 aliphatic rings. The van der Waals surface area contributed by atoms with Crippen LogP contribution in [0, 0.1) is 16.7 Å². The summed E-state index contributed by atoms with van der Waals surface area (Å²) in [6.07, 6.45) is 0.498. The van der Waals surface area contributed by atoms with Crippen molar-refractivity contribution < 1.29 is 19.4 Å². The molecule has 0 amide bonds. The van der Waals surface area contributed by atoms with Gasteiger partial charge in [-0.05, 0) is 18.3 Å². The first-order valence-electron chi connectivity index (χ1n) is 5.24. The molecule has 2 rings (SSSR count). The van der Waals surface area contributed by atoms with Gasteiger partial charge in [-0.3, -0.25) is 4.79 Å². The highest BCUT2D eigenvalue weighted by Crippen LogP contribution is 2.61. The zero-order valence-corrected chi connectivity index (χ0v) is 9.24. The SMILES string of the molecule is CC1(C)[C@H]2CC[C@@]1(C)[C@H](C(=O)O)OC2=O. The van der Waals surface area contributed by atoms with Gasteiger partial charge in [-0.2, -0.15) is 0 Å². The third kappa shape index (κ3) is 1.08. The van der Waals surface area contributed by atoms with Crippen molar-refractivity contribution in [1.29, 1.82) is 0 Å². The van der Waals surface area contributed by atoms with Crippen LogP contribution in [-0.2, 0) is 14.3 Å². The van der Waals surface area contributed by atoms with E-state index in [1.165, 1.54) is 0 Å². The first-order chi connectivity index (χ1) is 6.80. The molecular weight excluding hydrogens is 196 g/mol. The average molecular weight is 212 g/mol. The molecule has 4 nitrogen and oxygen atoms in total. The lowest BCUT2D eigenvalue weighted by molar-refractivity contribution is -0.197. The molecule has 2 bridgehead atoms. The van der Waals surface area contributed by atoms with Gasteiger partial charge in [-0.1, -0.05) is 20.8 Å². The number of carbonyl (C=O) groups is 2. The monoisotopic (exact) mass is 212 g/mol. The first-order valence-corrected chi connectivity index (χ1v) is 5.24. The Labute approximate surface area is 88.6 Å². The summed E-state index contributed by atoms with van der Waals surface area (Å²) >= 11 is 0. The van der Waals surface area contributed by atoms with Crippen LogP contribution in [-0.4, -0.2) is 23.1 Å². The van der Waals surface area contributed by atoms with E-state index >= 15 is 0 Å². The van der Waals surface area contributed by atoms with Crippen LogP contribution in [0.4, 0.5) is 0 Å². The average Bonchev–Trinajstić information content (AvgIpc) is 2.28. The summed E-state index contributed by atoms with van der Waals surface area (Å²) in [7, 11) is 0. The normalized spacial score (nSPS) is 42.5. The summed E-state index contributed by atoms with van der Waals surface area (Å²) < 4.78 is 5.03. The fourth-order valence-corrected chi connectivity index (χ4v) is 3.06. The number of carbonyl (C=O) groups excluding carboxylic acids is 1. The van der Waals surface area contributed by atoms with Crippen molar-refractivity contribution in [3.8, 4) is 0 Å². The Morgan fingerprint density at radius 3 is 2.60 bits per heavy atom. The van der Waals surface area contributed by atoms with E-state index in [4.69, 9.17) is 9.84 Å². The molecule has 0 aromatic rings. The number of rotatable bonds is 1. The van der Waals surface area contributed by atoms with Crippen molar-refractivity contribution in [2.45, 2.75) is 39.7 Å². The molecule has 2 fully saturated rings. The molecular formula is C11H16O4. The molecule has 1 heterocycles. The Kier molecular flexibility index (Phi) is 1.91. The summed E-state index contributed by atoms with van der Waals surface area (Å²) in [6, 6.07) is 0. The van der Waals surface area contributed by atoms with Crippen molar-refractivity contribution in [3.63, 3.8) is 0 Å². The van der Waals surface area contributed by atoms with Crippen LogP contribution >= 0.6 is 0 Å². The van der Waals surface area contributed by atoms with Gasteiger partial charge in [-0.25, -0.2) is 4.79 Å². The number of carboxylic acid groups (broad SMARTS) is 1. The van der Waals surface area contributed by atoms with Crippen LogP contribution in [0.5, 0.6) is 0 Å². The second-order valence-corrected chi connectivity index (χ2v) is 5.39. The van der Waals surface area contributed by atoms with E-state index in [9.17, 15) is 9.59 Å². The lowest BCUT2D eigenvalue weighted by Crippen LogP contribution is -2.55. The lowest BCUT2D eigenvalue weighted by atomic mass is 9.61. The number of cyclic esters (lactones) is 1. The lowest BCUT2D eigenvalue weighted by Gasteiger charge is -2.47. The summed E-state index contributed by atoms with van der Waals surface area (Å²) in [5.74, 6) is -1.51. The fraction of sp³-hybridized carbons (Fsp3) is 0.818. The maximum Gasteiger partial charge on any atom is 0.345 e. The number of aliphatic carboxylic acids is 1. The van der Waals surface area contributed by atoms with E-state index in [2.05, 4.69) is 0 Å². The zero-order chi connectivity index (χ0) is 11.4. The minimum Gasteiger partial charge on any atom is -0.478 e. The molecule has 1 saturated carbocycles. The van der Waals surface area contributed by atoms with Crippen molar-refractivity contribution in [2.24, 2.45) is 16.7 Å². The third-order valence-electron chi connectivity index (χ3n) is 4.62. The van der Waals surface area contributed by atoms with Crippen LogP contribution in [0.2, 0.25) is 0 Å². The van der Waals surface area contributed by atoms with Gasteiger partial charge in [-0.15, -0.1) is 0 Å². The Morgan fingerprint density at radius 1 is 1.47 bits per heavy atom. The van der Waals surface area contributed by atoms with Gasteiger partial charge in [0.15, 0.2) is 0 Å². The predicted octanol–water partition coefficient (Wildman–Crippen LogP) is 1.44. The van der Waals surface area contributed by atoms with Crippen LogP contribution < -0.4 is 0 Å². The van der Waals surface area contributed by atoms with Crippen LogP contribution in [0.1, 0.15) is 33.6 Å². The maximum absolute atomic E-state index is 11.6. The van der Waals surface area contributed by atoms with Crippen LogP contribution in [0.25, 0.3) is 0 Å². The van der Waals surface area contributed by atoms with Crippen molar-refractivity contribution in [3.05, 3.63) is 0 Å². The largest absolute Gasteiger partial charge is 0.478 e. The molecule has 4 heteroatoms. The highest BCUT2D eigenvalue weighted by Gasteiger charge is 2.65. The number of hydrogen-bond donors (Lipinski definition) is 1. The molecule has 0 aromatic carbocycles. The Hall–Kier alpha value is -1.06. The second kappa shape index (κ2) is 2.74. The minimum atomic E-state index is -1.03. The van der Waals surface area contributed by atoms with Crippen molar-refractivity contribution in [2.75, 3.05) is 0 Å². The van der Waals surface area contributed by atoms with Gasteiger partial charge >= 0.3 is 11.9 Å². The molecule has 84 valence electrons. The topological polar surface area (TPSA) is 63.6 Å². The number of esters is 1. The second-order valence-electron chi connectivity index (χ2n) is 5.39. The summed E-state index contributed by atoms with van der Waals surface area (Å²) in [5.41, 5.74) is -0.719. The Balaban J connectivity index is 2.48. The fourth-order valence-electron chi connectivity index (χ4n) is 3.06. The maximum atomic E-state index is 11.6. The summed E-state index contributed by atoms with van der Waals surface area (Å²) in [6.45, 7) is 5.86. The molecule has 0 aromatic heterocycles. The van der Waals surface area contributed by atoms with Gasteiger partial charge in [0.1, 0.15) is 0 Å². The molecule has 0 radical (unpaired) electrons. The minimum absolute atomic E-state index is 0.141. The van der Waals surface area contributed by atoms with Crippen LogP contribution in [0.15, 0.2) is 0 Å². The molecule has 1 aliphatic heterocycles. The first kappa shape index (κ1) is 10.5. The Morgan fingerprint density at radius 2 is 2.07 bits per heavy atom. The van der Waals surface area contributed by atoms with Gasteiger partial charge in [0.05, 0.1) is 5.92 Å². The van der Waals surface area contributed by atoms with Gasteiger partial charge in [0, 0.05) is 5.41 Å². The van der Waals surface area contributed by atoms with Crippen molar-refractivity contribution >= 4 is 11.9 Å². The molecule has 0 spiro atoms. The van der Waals surface area contributed by atoms with E-state index in [-0.39, 0.29) is 17.3 Å². The standard InChI is InChI=1S/C11H16O4/c1-10(2)6-4-5-11(10,3)7(8(12)13)15-9(6)14/h6-7H,4-5H2,1-3H3,(H,12,13)/t6-,7-,11-/m0/s1. The van der Waals surface area contributed by atoms with E-state index < -0.39 is 17.5 Å². The number of fused-ring (bicyclic) bond motifs is 2. The van der Waals surface area contributed by atoms with Gasteiger partial charge in [0.2, 0.25) is 6.10 Å². The van der Waals surface area contributed by atoms with E-state index in [0.717, 1.165) is 12.8 Å². The van der Waals surface area contributed by atoms with E-state index in [1.54, 1.807) is 0 Å². The van der Waals surface area contributed by atoms with E-state index in [1.807, 2.05) is 20.8 Å². The molecule has 0 unspecified atom stereocenters. The predicted molar refractivity (Wildman–Crippen MR) is 52.1 cm³/mol. The van der Waals surface area contributed by atoms with E-state index in [0.29, 0.717) is 0 Å². The quantitative estimate of drug-likeness (QED) is 0.668. The molecule has 15 heavy (non-hydrogen) atoms. The highest BCUT2D eigenvalue weighted by atomic mass is 16.6. The molecule has 3 atom stereocenters. The smallest absolute Gasteiger partial charge is 0.345 e. The zero-order valence-electron chi connectivity index (χ0n) is 9.24. The summed E-state index contributed by atoms with van der Waals surface area (Å²) in [5, 5.41) is 9.10. The number of carboxylic acids is 1. The number of ether oxygens (including phenoxy) is 1. The van der Waals surface area contributed by atoms with Crippen molar-refractivity contribution in [1.82, 2.24) is 0 Å². The van der Waals surface area contributed by atoms with Crippen LogP contribution in [0.3, 0.4) is 0 Å². The molecule has 1 saturated heterocycles. The highest BCUT2D eigenvalue weighted by molar-refractivity contribution is 5.83. The van der Waals surface area contributed by atoms with Gasteiger partial charge in [0.25, 0.3) is 0 Å². The molecule has 1 aliphatic carbocycles. The Bertz CT molecular complexity index is 333.